The summed E-state index contributed by atoms with van der Waals surface area (Å²) in [5.74, 6) is 1.65. The van der Waals surface area contributed by atoms with E-state index in [1.165, 1.54) is 28.7 Å². The SMILES string of the molecule is CN1CCC[C@H]1COc1nc2c(c(N3CCNCC3)n1)CCC1(O2)c2ccccc2-c2ccccc21. The molecule has 0 amide bonds. The van der Waals surface area contributed by atoms with E-state index in [-0.39, 0.29) is 0 Å². The van der Waals surface area contributed by atoms with Gasteiger partial charge in [0.2, 0.25) is 5.88 Å². The van der Waals surface area contributed by atoms with Crippen LogP contribution in [0.2, 0.25) is 0 Å². The van der Waals surface area contributed by atoms with Crippen molar-refractivity contribution in [2.45, 2.75) is 37.3 Å². The molecule has 4 heterocycles. The molecule has 1 atom stereocenters. The van der Waals surface area contributed by atoms with E-state index in [2.05, 4.69) is 70.7 Å². The number of nitrogens with one attached hydrogen (secondary N) is 1. The molecule has 1 N–H and O–H groups in total. The van der Waals surface area contributed by atoms with Crippen molar-refractivity contribution in [1.29, 1.82) is 0 Å². The summed E-state index contributed by atoms with van der Waals surface area (Å²) in [5, 5.41) is 3.45. The third-order valence-corrected chi connectivity index (χ3v) is 8.43. The zero-order valence-corrected chi connectivity index (χ0v) is 20.9. The molecule has 1 aliphatic carbocycles. The van der Waals surface area contributed by atoms with Crippen molar-refractivity contribution in [1.82, 2.24) is 20.2 Å². The zero-order valence-electron chi connectivity index (χ0n) is 20.9. The van der Waals surface area contributed by atoms with Crippen LogP contribution in [0.15, 0.2) is 48.5 Å². The molecule has 7 rings (SSSR count). The molecule has 0 bridgehead atoms. The van der Waals surface area contributed by atoms with Crippen LogP contribution in [0.25, 0.3) is 11.1 Å². The van der Waals surface area contributed by atoms with E-state index in [0.29, 0.717) is 24.5 Å². The van der Waals surface area contributed by atoms with Crippen LogP contribution >= 0.6 is 0 Å². The molecule has 0 unspecified atom stereocenters. The lowest BCUT2D eigenvalue weighted by Gasteiger charge is -2.39. The van der Waals surface area contributed by atoms with Gasteiger partial charge in [-0.25, -0.2) is 0 Å². The summed E-state index contributed by atoms with van der Waals surface area (Å²) < 4.78 is 13.3. The summed E-state index contributed by atoms with van der Waals surface area (Å²) in [7, 11) is 2.17. The number of hydrogen-bond acceptors (Lipinski definition) is 7. The van der Waals surface area contributed by atoms with Crippen LogP contribution in [0.4, 0.5) is 5.82 Å². The molecule has 3 aromatic rings. The van der Waals surface area contributed by atoms with Gasteiger partial charge < -0.3 is 24.6 Å². The summed E-state index contributed by atoms with van der Waals surface area (Å²) in [6.07, 6.45) is 4.10. The topological polar surface area (TPSA) is 62.8 Å². The largest absolute Gasteiger partial charge is 0.462 e. The number of likely N-dealkylation sites (N-methyl/N-ethyl adjacent to an activating group) is 1. The summed E-state index contributed by atoms with van der Waals surface area (Å²) in [6.45, 7) is 5.47. The van der Waals surface area contributed by atoms with E-state index >= 15 is 0 Å². The van der Waals surface area contributed by atoms with Gasteiger partial charge in [0.15, 0.2) is 5.60 Å². The average molecular weight is 484 g/mol. The highest BCUT2D eigenvalue weighted by atomic mass is 16.5. The maximum absolute atomic E-state index is 7.01. The number of hydrogen-bond donors (Lipinski definition) is 1. The van der Waals surface area contributed by atoms with Crippen LogP contribution in [0.5, 0.6) is 11.9 Å². The van der Waals surface area contributed by atoms with Gasteiger partial charge in [-0.3, -0.25) is 0 Å². The predicted molar refractivity (Wildman–Crippen MR) is 140 cm³/mol. The summed E-state index contributed by atoms with van der Waals surface area (Å²) in [5.41, 5.74) is 5.55. The standard InChI is InChI=1S/C29H33N5O2/c1-33-16-6-7-20(33)19-35-28-31-26(34-17-14-30-15-18-34)23-12-13-29(36-27(23)32-28)24-10-4-2-8-21(24)22-9-3-5-11-25(22)29/h2-5,8-11,20,30H,6-7,12-19H2,1H3/t20-/m0/s1. The minimum Gasteiger partial charge on any atom is -0.462 e. The number of benzene rings is 2. The number of piperazine rings is 1. The van der Waals surface area contributed by atoms with Crippen LogP contribution in [0.1, 0.15) is 36.0 Å². The minimum absolute atomic E-state index is 0.410. The van der Waals surface area contributed by atoms with Gasteiger partial charge >= 0.3 is 6.01 Å². The number of fused-ring (bicyclic) bond motifs is 6. The third kappa shape index (κ3) is 3.48. The van der Waals surface area contributed by atoms with E-state index in [0.717, 1.165) is 63.4 Å². The lowest BCUT2D eigenvalue weighted by Crippen LogP contribution is -2.45. The molecule has 0 saturated carbocycles. The normalized spacial score (nSPS) is 22.1. The van der Waals surface area contributed by atoms with Crippen LogP contribution in [-0.2, 0) is 12.0 Å². The van der Waals surface area contributed by atoms with Gasteiger partial charge in [-0.2, -0.15) is 9.97 Å². The molecule has 2 aromatic carbocycles. The summed E-state index contributed by atoms with van der Waals surface area (Å²) in [6, 6.07) is 18.1. The quantitative estimate of drug-likeness (QED) is 0.608. The van der Waals surface area contributed by atoms with Crippen LogP contribution in [0, 0.1) is 0 Å². The van der Waals surface area contributed by atoms with Crippen molar-refractivity contribution in [2.75, 3.05) is 51.3 Å². The van der Waals surface area contributed by atoms with E-state index < -0.39 is 5.60 Å². The first-order valence-electron chi connectivity index (χ1n) is 13.3. The fourth-order valence-corrected chi connectivity index (χ4v) is 6.48. The molecule has 1 aromatic heterocycles. The van der Waals surface area contributed by atoms with Crippen molar-refractivity contribution in [3.05, 3.63) is 65.2 Å². The zero-order chi connectivity index (χ0) is 24.1. The molecule has 0 radical (unpaired) electrons. The second-order valence-electron chi connectivity index (χ2n) is 10.5. The number of rotatable bonds is 4. The Labute approximate surface area is 212 Å². The molecule has 2 fully saturated rings. The maximum Gasteiger partial charge on any atom is 0.321 e. The monoisotopic (exact) mass is 483 g/mol. The predicted octanol–water partition coefficient (Wildman–Crippen LogP) is 3.61. The van der Waals surface area contributed by atoms with Crippen molar-refractivity contribution in [3.63, 3.8) is 0 Å². The maximum atomic E-state index is 7.01. The minimum atomic E-state index is -0.530. The van der Waals surface area contributed by atoms with E-state index in [1.54, 1.807) is 0 Å². The second kappa shape index (κ2) is 8.75. The smallest absolute Gasteiger partial charge is 0.321 e. The first-order chi connectivity index (χ1) is 17.7. The average Bonchev–Trinajstić information content (AvgIpc) is 3.46. The molecule has 186 valence electrons. The van der Waals surface area contributed by atoms with Gasteiger partial charge in [0, 0.05) is 49.8 Å². The molecule has 3 aliphatic heterocycles. The summed E-state index contributed by atoms with van der Waals surface area (Å²) in [4.78, 5) is 14.6. The number of aromatic nitrogens is 2. The molecular formula is C29H33N5O2. The fraction of sp³-hybridized carbons (Fsp3) is 0.448. The van der Waals surface area contributed by atoms with E-state index in [4.69, 9.17) is 19.4 Å². The Hall–Kier alpha value is -3.16. The van der Waals surface area contributed by atoms with Gasteiger partial charge in [0.1, 0.15) is 12.4 Å². The lowest BCUT2D eigenvalue weighted by atomic mass is 9.83. The van der Waals surface area contributed by atoms with Crippen molar-refractivity contribution in [3.8, 4) is 23.0 Å². The lowest BCUT2D eigenvalue weighted by molar-refractivity contribution is 0.0805. The number of ether oxygens (including phenoxy) is 2. The van der Waals surface area contributed by atoms with Gasteiger partial charge in [0.05, 0.1) is 5.56 Å². The van der Waals surface area contributed by atoms with Crippen LogP contribution in [0.3, 0.4) is 0 Å². The second-order valence-corrected chi connectivity index (χ2v) is 10.5. The highest BCUT2D eigenvalue weighted by Gasteiger charge is 2.48. The Morgan fingerprint density at radius 2 is 1.72 bits per heavy atom. The van der Waals surface area contributed by atoms with Gasteiger partial charge in [-0.05, 0) is 44.0 Å². The molecule has 7 heteroatoms. The van der Waals surface area contributed by atoms with Crippen molar-refractivity contribution in [2.24, 2.45) is 0 Å². The number of nitrogens with zero attached hydrogens (tertiary/aromatic N) is 4. The molecule has 7 nitrogen and oxygen atoms in total. The molecular weight excluding hydrogens is 450 g/mol. The van der Waals surface area contributed by atoms with Crippen molar-refractivity contribution >= 4 is 5.82 Å². The Balaban J connectivity index is 1.30. The Kier molecular flexibility index (Phi) is 5.36. The van der Waals surface area contributed by atoms with E-state index in [9.17, 15) is 0 Å². The number of anilines is 1. The highest BCUT2D eigenvalue weighted by Crippen LogP contribution is 2.54. The first kappa shape index (κ1) is 22.1. The third-order valence-electron chi connectivity index (χ3n) is 8.43. The highest BCUT2D eigenvalue weighted by molar-refractivity contribution is 5.80. The van der Waals surface area contributed by atoms with Gasteiger partial charge in [-0.1, -0.05) is 48.5 Å². The van der Waals surface area contributed by atoms with Crippen LogP contribution in [-0.4, -0.2) is 67.3 Å². The molecule has 4 aliphatic rings. The van der Waals surface area contributed by atoms with Gasteiger partial charge in [0.25, 0.3) is 0 Å². The molecule has 1 spiro atoms. The Morgan fingerprint density at radius 1 is 1.00 bits per heavy atom. The first-order valence-corrected chi connectivity index (χ1v) is 13.3. The molecule has 2 saturated heterocycles. The summed E-state index contributed by atoms with van der Waals surface area (Å²) >= 11 is 0. The van der Waals surface area contributed by atoms with Crippen molar-refractivity contribution < 1.29 is 9.47 Å². The Morgan fingerprint density at radius 3 is 2.42 bits per heavy atom. The van der Waals surface area contributed by atoms with Gasteiger partial charge in [-0.15, -0.1) is 0 Å². The Bertz CT molecular complexity index is 1240. The van der Waals surface area contributed by atoms with Crippen LogP contribution < -0.4 is 19.7 Å². The fourth-order valence-electron chi connectivity index (χ4n) is 6.48. The molecule has 36 heavy (non-hydrogen) atoms. The number of likely N-dealkylation sites (tertiary alicyclic amines) is 1. The van der Waals surface area contributed by atoms with E-state index in [1.807, 2.05) is 0 Å².